The Hall–Kier alpha value is -3.60. The third-order valence-corrected chi connectivity index (χ3v) is 13.9. The molecule has 0 aromatic heterocycles. The van der Waals surface area contributed by atoms with Gasteiger partial charge in [-0.15, -0.1) is 0 Å². The Morgan fingerprint density at radius 1 is 0.372 bits per heavy atom. The van der Waals surface area contributed by atoms with Gasteiger partial charge in [0.15, 0.2) is 6.10 Å². The summed E-state index contributed by atoms with van der Waals surface area (Å²) < 4.78 is 39.6. The average molecular weight is 1110 g/mol. The first-order chi connectivity index (χ1) is 38.2. The lowest BCUT2D eigenvalue weighted by molar-refractivity contribution is -0.161. The molecule has 0 fully saturated rings. The maximum absolute atomic E-state index is 12.9. The Balaban J connectivity index is 4.76. The Bertz CT molecular complexity index is 1680. The smallest absolute Gasteiger partial charge is 0.462 e. The summed E-state index contributed by atoms with van der Waals surface area (Å²) in [6.07, 6.45) is 70.8. The number of aliphatic hydroxyl groups excluding tert-OH is 1. The van der Waals surface area contributed by atoms with Crippen LogP contribution in [0.15, 0.2) is 97.2 Å². The zero-order valence-electron chi connectivity index (χ0n) is 49.6. The van der Waals surface area contributed by atoms with Crippen molar-refractivity contribution in [2.24, 2.45) is 0 Å². The average Bonchev–Trinajstić information content (AvgIpc) is 3.43. The van der Waals surface area contributed by atoms with Crippen molar-refractivity contribution in [3.05, 3.63) is 97.2 Å². The van der Waals surface area contributed by atoms with Crippen LogP contribution in [0.5, 0.6) is 0 Å². The van der Waals surface area contributed by atoms with Gasteiger partial charge in [-0.1, -0.05) is 227 Å². The van der Waals surface area contributed by atoms with E-state index in [-0.39, 0.29) is 25.9 Å². The van der Waals surface area contributed by atoms with Gasteiger partial charge in [0.05, 0.1) is 19.8 Å². The van der Waals surface area contributed by atoms with Crippen molar-refractivity contribution in [3.8, 4) is 0 Å². The fourth-order valence-electron chi connectivity index (χ4n) is 8.30. The minimum absolute atomic E-state index is 0.137. The number of aliphatic hydroxyl groups is 1. The van der Waals surface area contributed by atoms with Gasteiger partial charge >= 0.3 is 25.7 Å². The molecule has 0 rings (SSSR count). The van der Waals surface area contributed by atoms with E-state index in [4.69, 9.17) is 23.3 Å². The van der Waals surface area contributed by atoms with Crippen LogP contribution in [0.4, 0.5) is 0 Å². The van der Waals surface area contributed by atoms with E-state index in [1.165, 1.54) is 83.5 Å². The van der Waals surface area contributed by atoms with Crippen LogP contribution in [-0.4, -0.2) is 66.5 Å². The number of carbonyl (C=O) groups is 3. The second kappa shape index (κ2) is 59.5. The van der Waals surface area contributed by atoms with E-state index in [0.717, 1.165) is 122 Å². The maximum atomic E-state index is 12.9. The van der Waals surface area contributed by atoms with Gasteiger partial charge in [-0.05, 0) is 116 Å². The molecule has 0 saturated heterocycles. The monoisotopic (exact) mass is 1110 g/mol. The Labute approximate surface area is 476 Å². The van der Waals surface area contributed by atoms with E-state index < -0.39 is 57.8 Å². The molecule has 12 heteroatoms. The third-order valence-electron chi connectivity index (χ3n) is 13.0. The van der Waals surface area contributed by atoms with Crippen LogP contribution in [0, 0.1) is 0 Å². The Kier molecular flexibility index (Phi) is 56.8. The second-order valence-electron chi connectivity index (χ2n) is 20.5. The number of phosphoric acid groups is 1. The van der Waals surface area contributed by atoms with Crippen LogP contribution < -0.4 is 0 Å². The molecule has 78 heavy (non-hydrogen) atoms. The molecule has 0 spiro atoms. The quantitative estimate of drug-likeness (QED) is 0.0197. The topological polar surface area (TPSA) is 155 Å². The van der Waals surface area contributed by atoms with Crippen molar-refractivity contribution in [1.29, 1.82) is 0 Å². The molecule has 0 saturated carbocycles. The fourth-order valence-corrected chi connectivity index (χ4v) is 9.08. The molecule has 11 nitrogen and oxygen atoms in total. The molecule has 448 valence electrons. The molecule has 0 bridgehead atoms. The van der Waals surface area contributed by atoms with Gasteiger partial charge < -0.3 is 24.2 Å². The molecular formula is C66H113O11P. The number of hydrogen-bond donors (Lipinski definition) is 2. The van der Waals surface area contributed by atoms with Crippen molar-refractivity contribution in [3.63, 3.8) is 0 Å². The number of phosphoric ester groups is 1. The molecular weight excluding hydrogens is 1000 g/mol. The fraction of sp³-hybridized carbons (Fsp3) is 0.712. The largest absolute Gasteiger partial charge is 0.472 e. The molecule has 0 aromatic carbocycles. The van der Waals surface area contributed by atoms with Crippen LogP contribution >= 0.6 is 7.82 Å². The Morgan fingerprint density at radius 2 is 0.667 bits per heavy atom. The van der Waals surface area contributed by atoms with Gasteiger partial charge in [0, 0.05) is 19.3 Å². The predicted octanol–water partition coefficient (Wildman–Crippen LogP) is 18.8. The van der Waals surface area contributed by atoms with Gasteiger partial charge in [0.25, 0.3) is 0 Å². The number of rotatable bonds is 57. The highest BCUT2D eigenvalue weighted by molar-refractivity contribution is 7.47. The minimum atomic E-state index is -4.77. The first-order valence-corrected chi connectivity index (χ1v) is 32.6. The van der Waals surface area contributed by atoms with E-state index in [2.05, 4.69) is 118 Å². The molecule has 0 radical (unpaired) electrons. The lowest BCUT2D eigenvalue weighted by Crippen LogP contribution is -2.30. The third kappa shape index (κ3) is 57.1. The number of esters is 3. The lowest BCUT2D eigenvalue weighted by atomic mass is 10.1. The van der Waals surface area contributed by atoms with Crippen molar-refractivity contribution in [2.75, 3.05) is 26.4 Å². The van der Waals surface area contributed by atoms with Gasteiger partial charge in [-0.25, -0.2) is 4.57 Å². The van der Waals surface area contributed by atoms with Gasteiger partial charge in [-0.2, -0.15) is 0 Å². The van der Waals surface area contributed by atoms with Crippen LogP contribution in [0.3, 0.4) is 0 Å². The van der Waals surface area contributed by atoms with Gasteiger partial charge in [-0.3, -0.25) is 23.4 Å². The van der Waals surface area contributed by atoms with E-state index in [0.29, 0.717) is 19.3 Å². The zero-order valence-corrected chi connectivity index (χ0v) is 50.5. The molecule has 0 aliphatic heterocycles. The van der Waals surface area contributed by atoms with E-state index in [9.17, 15) is 28.9 Å². The summed E-state index contributed by atoms with van der Waals surface area (Å²) in [5, 5.41) is 9.82. The second-order valence-corrected chi connectivity index (χ2v) is 21.9. The molecule has 0 amide bonds. The molecule has 3 atom stereocenters. The van der Waals surface area contributed by atoms with Crippen LogP contribution in [0.2, 0.25) is 0 Å². The standard InChI is InChI=1S/C66H113O11P/c1-4-7-10-13-16-19-22-25-27-29-31-33-35-38-40-43-46-49-52-55-64(68)73-59-63(77-66(70)57-54-51-48-45-42-39-36-34-32-30-28-26-23-20-17-14-11-8-5-2)61-75-78(71,72)74-60-62(58-67)76-65(69)56-53-50-47-44-41-37-24-21-18-15-12-9-6-3/h8-9,11-12,17-18,20-21,25-28,32,34,37,41,62-63,67H,4-7,10,13-16,19,22-24,29-31,33,35-36,38-40,42-61H2,1-3H3,(H,71,72)/b11-8-,12-9-,20-17-,21-18-,27-25-,28-26-,34-32-,41-37-. The lowest BCUT2D eigenvalue weighted by Gasteiger charge is -2.21. The molecule has 2 N–H and O–H groups in total. The number of hydrogen-bond acceptors (Lipinski definition) is 10. The van der Waals surface area contributed by atoms with Crippen molar-refractivity contribution < 1.29 is 52.2 Å². The van der Waals surface area contributed by atoms with E-state index >= 15 is 0 Å². The number of ether oxygens (including phenoxy) is 3. The normalized spacial score (nSPS) is 14.0. The van der Waals surface area contributed by atoms with Crippen LogP contribution in [0.1, 0.15) is 265 Å². The highest BCUT2D eigenvalue weighted by atomic mass is 31.2. The summed E-state index contributed by atoms with van der Waals surface area (Å²) in [7, 11) is -4.77. The summed E-state index contributed by atoms with van der Waals surface area (Å²) in [4.78, 5) is 48.7. The highest BCUT2D eigenvalue weighted by Gasteiger charge is 2.28. The van der Waals surface area contributed by atoms with Crippen LogP contribution in [-0.2, 0) is 42.2 Å². The zero-order chi connectivity index (χ0) is 56.9. The molecule has 0 aliphatic rings. The van der Waals surface area contributed by atoms with Gasteiger partial charge in [0.1, 0.15) is 12.7 Å². The van der Waals surface area contributed by atoms with Crippen molar-refractivity contribution in [2.45, 2.75) is 277 Å². The summed E-state index contributed by atoms with van der Waals surface area (Å²) in [5.74, 6) is -1.51. The first-order valence-electron chi connectivity index (χ1n) is 31.1. The number of unbranched alkanes of at least 4 members (excludes halogenated alkanes) is 24. The van der Waals surface area contributed by atoms with E-state index in [1.807, 2.05) is 0 Å². The SMILES string of the molecule is CC/C=C\C/C=C\C/C=C\C/C=C\CCCCCCCCC(=O)OC(COC(=O)CCCCCCCCCCC/C=C\CCCCCCCC)COP(=O)(O)OCC(CO)OC(=O)CCCCC/C=C\C/C=C\C/C=C\CC. The highest BCUT2D eigenvalue weighted by Crippen LogP contribution is 2.43. The summed E-state index contributed by atoms with van der Waals surface area (Å²) in [5.41, 5.74) is 0. The van der Waals surface area contributed by atoms with E-state index in [1.54, 1.807) is 0 Å². The molecule has 3 unspecified atom stereocenters. The maximum Gasteiger partial charge on any atom is 0.472 e. The summed E-state index contributed by atoms with van der Waals surface area (Å²) in [6, 6.07) is 0. The first kappa shape index (κ1) is 74.4. The van der Waals surface area contributed by atoms with Crippen molar-refractivity contribution in [1.82, 2.24) is 0 Å². The predicted molar refractivity (Wildman–Crippen MR) is 325 cm³/mol. The summed E-state index contributed by atoms with van der Waals surface area (Å²) in [6.45, 7) is 4.38. The minimum Gasteiger partial charge on any atom is -0.462 e. The number of carbonyl (C=O) groups excluding carboxylic acids is 3. The summed E-state index contributed by atoms with van der Waals surface area (Å²) >= 11 is 0. The number of allylic oxidation sites excluding steroid dienone is 16. The Morgan fingerprint density at radius 3 is 1.05 bits per heavy atom. The van der Waals surface area contributed by atoms with Crippen molar-refractivity contribution >= 4 is 25.7 Å². The molecule has 0 aromatic rings. The van der Waals surface area contributed by atoms with Crippen LogP contribution in [0.25, 0.3) is 0 Å². The van der Waals surface area contributed by atoms with Gasteiger partial charge in [0.2, 0.25) is 0 Å². The molecule has 0 aliphatic carbocycles. The molecule has 0 heterocycles.